The standard InChI is InChI=1S/C29H32Cl3N3O4S/c1-4-5-15-33-29(37)21(3)34(18-22-12-14-25(31)26(32)16-22)28(36)19-35(27-17-23(30)13-11-20(27)2)40(38,39)24-9-7-6-8-10-24/h6-14,16-17,21H,4-5,15,18-19H2,1-3H3,(H,33,37)/t21-/m1/s1. The Labute approximate surface area is 251 Å². The van der Waals surface area contributed by atoms with Crippen LogP contribution in [0.4, 0.5) is 5.69 Å². The third-order valence-electron chi connectivity index (χ3n) is 6.38. The van der Waals surface area contributed by atoms with Crippen molar-refractivity contribution in [1.82, 2.24) is 10.2 Å². The van der Waals surface area contributed by atoms with Crippen molar-refractivity contribution < 1.29 is 18.0 Å². The van der Waals surface area contributed by atoms with Gasteiger partial charge in [0, 0.05) is 18.1 Å². The molecule has 214 valence electrons. The number of amides is 2. The van der Waals surface area contributed by atoms with Gasteiger partial charge < -0.3 is 10.2 Å². The van der Waals surface area contributed by atoms with E-state index in [9.17, 15) is 18.0 Å². The average Bonchev–Trinajstić information content (AvgIpc) is 2.93. The SMILES string of the molecule is CCCCNC(=O)[C@@H](C)N(Cc1ccc(Cl)c(Cl)c1)C(=O)CN(c1cc(Cl)ccc1C)S(=O)(=O)c1ccccc1. The number of anilines is 1. The lowest BCUT2D eigenvalue weighted by atomic mass is 10.1. The normalized spacial score (nSPS) is 12.1. The largest absolute Gasteiger partial charge is 0.354 e. The van der Waals surface area contributed by atoms with Gasteiger partial charge in [0.25, 0.3) is 10.0 Å². The summed E-state index contributed by atoms with van der Waals surface area (Å²) in [6.45, 7) is 5.26. The molecule has 0 aliphatic rings. The number of carbonyl (C=O) groups is 2. The maximum atomic E-state index is 14.0. The Morgan fingerprint density at radius 3 is 2.30 bits per heavy atom. The number of carbonyl (C=O) groups excluding carboxylic acids is 2. The third kappa shape index (κ3) is 7.91. The molecule has 0 bridgehead atoms. The van der Waals surface area contributed by atoms with E-state index in [-0.39, 0.29) is 23.0 Å². The molecule has 0 fully saturated rings. The van der Waals surface area contributed by atoms with Gasteiger partial charge in [0.1, 0.15) is 12.6 Å². The lowest BCUT2D eigenvalue weighted by Crippen LogP contribution is -2.51. The van der Waals surface area contributed by atoms with Gasteiger partial charge in [0.05, 0.1) is 20.6 Å². The summed E-state index contributed by atoms with van der Waals surface area (Å²) in [6.07, 6.45) is 1.68. The fourth-order valence-corrected chi connectivity index (χ4v) is 6.02. The molecule has 11 heteroatoms. The van der Waals surface area contributed by atoms with Crippen LogP contribution >= 0.6 is 34.8 Å². The molecule has 3 aromatic rings. The molecule has 0 aromatic heterocycles. The molecule has 3 aromatic carbocycles. The first-order chi connectivity index (χ1) is 18.9. The van der Waals surface area contributed by atoms with Gasteiger partial charge in [-0.25, -0.2) is 8.42 Å². The van der Waals surface area contributed by atoms with Gasteiger partial charge >= 0.3 is 0 Å². The highest BCUT2D eigenvalue weighted by molar-refractivity contribution is 7.92. The number of nitrogens with zero attached hydrogens (tertiary/aromatic N) is 2. The van der Waals surface area contributed by atoms with Gasteiger partial charge in [0.2, 0.25) is 11.8 Å². The fourth-order valence-electron chi connectivity index (χ4n) is 4.04. The second-order valence-corrected chi connectivity index (χ2v) is 12.5. The first-order valence-electron chi connectivity index (χ1n) is 12.8. The molecule has 3 rings (SSSR count). The van der Waals surface area contributed by atoms with Gasteiger partial charge in [-0.15, -0.1) is 0 Å². The van der Waals surface area contributed by atoms with Crippen LogP contribution in [0.3, 0.4) is 0 Å². The number of sulfonamides is 1. The Bertz CT molecular complexity index is 1450. The molecule has 0 aliphatic heterocycles. The molecule has 1 atom stereocenters. The van der Waals surface area contributed by atoms with Crippen molar-refractivity contribution in [1.29, 1.82) is 0 Å². The molecular weight excluding hydrogens is 593 g/mol. The Balaban J connectivity index is 2.04. The zero-order valence-corrected chi connectivity index (χ0v) is 25.6. The number of halogens is 3. The number of rotatable bonds is 12. The van der Waals surface area contributed by atoms with Crippen LogP contribution in [0.15, 0.2) is 71.6 Å². The topological polar surface area (TPSA) is 86.8 Å². The van der Waals surface area contributed by atoms with Crippen molar-refractivity contribution >= 4 is 62.3 Å². The second kappa shape index (κ2) is 14.2. The summed E-state index contributed by atoms with van der Waals surface area (Å²) in [4.78, 5) is 28.4. The second-order valence-electron chi connectivity index (χ2n) is 9.35. The minimum absolute atomic E-state index is 0.00579. The zero-order valence-electron chi connectivity index (χ0n) is 22.5. The lowest BCUT2D eigenvalue weighted by molar-refractivity contribution is -0.139. The first-order valence-corrected chi connectivity index (χ1v) is 15.4. The molecule has 40 heavy (non-hydrogen) atoms. The van der Waals surface area contributed by atoms with Crippen LogP contribution in [-0.2, 0) is 26.2 Å². The summed E-state index contributed by atoms with van der Waals surface area (Å²) in [7, 11) is -4.18. The van der Waals surface area contributed by atoms with E-state index in [1.165, 1.54) is 23.1 Å². The highest BCUT2D eigenvalue weighted by atomic mass is 35.5. The van der Waals surface area contributed by atoms with E-state index in [2.05, 4.69) is 5.32 Å². The molecular formula is C29H32Cl3N3O4S. The van der Waals surface area contributed by atoms with Gasteiger partial charge in [-0.3, -0.25) is 13.9 Å². The Kier molecular flexibility index (Phi) is 11.3. The van der Waals surface area contributed by atoms with E-state index in [1.54, 1.807) is 62.4 Å². The van der Waals surface area contributed by atoms with Gasteiger partial charge in [-0.1, -0.05) is 78.5 Å². The lowest BCUT2D eigenvalue weighted by Gasteiger charge is -2.32. The Morgan fingerprint density at radius 1 is 0.950 bits per heavy atom. The zero-order chi connectivity index (χ0) is 29.4. The summed E-state index contributed by atoms with van der Waals surface area (Å²) in [5, 5.41) is 3.82. The molecule has 0 heterocycles. The highest BCUT2D eigenvalue weighted by Crippen LogP contribution is 2.30. The van der Waals surface area contributed by atoms with Gasteiger partial charge in [0.15, 0.2) is 0 Å². The number of hydrogen-bond acceptors (Lipinski definition) is 4. The van der Waals surface area contributed by atoms with Crippen molar-refractivity contribution in [2.24, 2.45) is 0 Å². The smallest absolute Gasteiger partial charge is 0.264 e. The van der Waals surface area contributed by atoms with Crippen molar-refractivity contribution in [3.8, 4) is 0 Å². The maximum absolute atomic E-state index is 14.0. The average molecular weight is 625 g/mol. The molecule has 2 amide bonds. The Hall–Kier alpha value is -2.78. The van der Waals surface area contributed by atoms with E-state index in [1.807, 2.05) is 6.92 Å². The van der Waals surface area contributed by atoms with Crippen LogP contribution in [0.2, 0.25) is 15.1 Å². The van der Waals surface area contributed by atoms with Gasteiger partial charge in [-0.2, -0.15) is 0 Å². The summed E-state index contributed by atoms with van der Waals surface area (Å²) in [5.41, 5.74) is 1.50. The number of aryl methyl sites for hydroxylation is 1. The summed E-state index contributed by atoms with van der Waals surface area (Å²) in [6, 6.07) is 16.7. The minimum Gasteiger partial charge on any atom is -0.354 e. The van der Waals surface area contributed by atoms with E-state index < -0.39 is 28.5 Å². The van der Waals surface area contributed by atoms with E-state index in [0.717, 1.165) is 17.1 Å². The molecule has 0 spiro atoms. The quantitative estimate of drug-likeness (QED) is 0.234. The molecule has 7 nitrogen and oxygen atoms in total. The van der Waals surface area contributed by atoms with Gasteiger partial charge in [-0.05, 0) is 67.8 Å². The fraction of sp³-hybridized carbons (Fsp3) is 0.310. The van der Waals surface area contributed by atoms with E-state index >= 15 is 0 Å². The predicted octanol–water partition coefficient (Wildman–Crippen LogP) is 6.48. The number of unbranched alkanes of at least 4 members (excludes halogenated alkanes) is 1. The van der Waals surface area contributed by atoms with Crippen LogP contribution in [0.25, 0.3) is 0 Å². The monoisotopic (exact) mass is 623 g/mol. The third-order valence-corrected chi connectivity index (χ3v) is 9.13. The number of nitrogens with one attached hydrogen (secondary N) is 1. The maximum Gasteiger partial charge on any atom is 0.264 e. The van der Waals surface area contributed by atoms with Crippen LogP contribution in [0, 0.1) is 6.92 Å². The van der Waals surface area contributed by atoms with Crippen LogP contribution < -0.4 is 9.62 Å². The van der Waals surface area contributed by atoms with Crippen molar-refractivity contribution in [2.45, 2.75) is 51.1 Å². The summed E-state index contributed by atoms with van der Waals surface area (Å²) >= 11 is 18.5. The van der Waals surface area contributed by atoms with E-state index in [4.69, 9.17) is 34.8 Å². The van der Waals surface area contributed by atoms with Crippen molar-refractivity contribution in [3.63, 3.8) is 0 Å². The van der Waals surface area contributed by atoms with Crippen LogP contribution in [0.1, 0.15) is 37.8 Å². The summed E-state index contributed by atoms with van der Waals surface area (Å²) < 4.78 is 28.8. The molecule has 0 saturated heterocycles. The highest BCUT2D eigenvalue weighted by Gasteiger charge is 2.33. The molecule has 1 N–H and O–H groups in total. The number of benzene rings is 3. The molecule has 0 aliphatic carbocycles. The minimum atomic E-state index is -4.18. The summed E-state index contributed by atoms with van der Waals surface area (Å²) in [5.74, 6) is -0.929. The van der Waals surface area contributed by atoms with Crippen molar-refractivity contribution in [3.05, 3.63) is 92.9 Å². The molecule has 0 unspecified atom stereocenters. The molecule has 0 radical (unpaired) electrons. The van der Waals surface area contributed by atoms with Crippen LogP contribution in [0.5, 0.6) is 0 Å². The predicted molar refractivity (Wildman–Crippen MR) is 162 cm³/mol. The van der Waals surface area contributed by atoms with E-state index in [0.29, 0.717) is 32.7 Å². The molecule has 0 saturated carbocycles. The van der Waals surface area contributed by atoms with Crippen molar-refractivity contribution in [2.75, 3.05) is 17.4 Å². The Morgan fingerprint density at radius 2 is 1.65 bits per heavy atom. The first kappa shape index (κ1) is 31.7. The van der Waals surface area contributed by atoms with Crippen LogP contribution in [-0.4, -0.2) is 44.3 Å². The number of hydrogen-bond donors (Lipinski definition) is 1.